The van der Waals surface area contributed by atoms with Gasteiger partial charge in [-0.2, -0.15) is 0 Å². The number of methoxy groups -OCH3 is 1. The molecule has 3 fully saturated rings. The molecule has 0 unspecified atom stereocenters. The van der Waals surface area contributed by atoms with Crippen LogP contribution in [0.4, 0.5) is 0 Å². The van der Waals surface area contributed by atoms with Crippen LogP contribution >= 0.6 is 0 Å². The van der Waals surface area contributed by atoms with Gasteiger partial charge in [-0.25, -0.2) is 4.99 Å². The third kappa shape index (κ3) is 10.1. The summed E-state index contributed by atoms with van der Waals surface area (Å²) in [5.74, 6) is 8.65. The van der Waals surface area contributed by atoms with E-state index in [0.29, 0.717) is 68.3 Å². The van der Waals surface area contributed by atoms with Gasteiger partial charge in [0.1, 0.15) is 5.75 Å². The molecule has 9 atom stereocenters. The molecule has 3 aromatic carbocycles. The van der Waals surface area contributed by atoms with Gasteiger partial charge in [-0.15, -0.1) is 0 Å². The highest BCUT2D eigenvalue weighted by Crippen LogP contribution is 2.59. The average molecular weight is 978 g/mol. The summed E-state index contributed by atoms with van der Waals surface area (Å²) in [4.78, 5) is 20.0. The summed E-state index contributed by atoms with van der Waals surface area (Å²) in [5.41, 5.74) is 16.6. The molecule has 10 heteroatoms. The normalized spacial score (nSPS) is 29.0. The molecule has 10 nitrogen and oxygen atoms in total. The molecule has 7 N–H and O–H groups in total. The topological polar surface area (TPSA) is 167 Å². The van der Waals surface area contributed by atoms with Gasteiger partial charge in [0.25, 0.3) is 0 Å². The highest BCUT2D eigenvalue weighted by Gasteiger charge is 2.49. The molecule has 0 amide bonds. The van der Waals surface area contributed by atoms with Gasteiger partial charge in [0, 0.05) is 49.5 Å². The van der Waals surface area contributed by atoms with Gasteiger partial charge in [-0.3, -0.25) is 4.79 Å². The standard InChI is InChI=1S/C62H79N3O7/c1-4-48-41(34-66)18-20-50(54(48)35-67)56(69)21-19-40-33-57(72-47-15-6-7-16-47)60(70)59-49(40)17-11-14-45-30-43-32-52-51(24-37(2)25-53(52)58(59)55(43)36-71-3)42-27-39(29-46(68)31-42)26-38-12-10-13-44(28-38)62(65-61(63)64-45)22-8-5-9-23-62/h10,12-13,27-29,31-33,37,41,43,45,47-48,51,53,55,58,66-68,70H,4-9,14-16,18-26,30,34-36H2,1-3H3,(H3,63,64,65)/t37-,41-,43-,45-,48-,51-,53-,55+,58+/m0/s1. The number of hydrogen-bond donors (Lipinski definition) is 6. The Morgan fingerprint density at radius 1 is 0.972 bits per heavy atom. The van der Waals surface area contributed by atoms with Crippen LogP contribution in [0.5, 0.6) is 17.2 Å². The number of Topliss-reactive ketones (excluding diaryl/α,β-unsaturated/α-hetero) is 1. The van der Waals surface area contributed by atoms with E-state index >= 15 is 0 Å². The van der Waals surface area contributed by atoms with Crippen molar-refractivity contribution in [3.05, 3.63) is 110 Å². The Hall–Kier alpha value is -5.08. The molecule has 72 heavy (non-hydrogen) atoms. The first-order valence-corrected chi connectivity index (χ1v) is 27.7. The number of carbonyl (C=O) groups is 1. The van der Waals surface area contributed by atoms with Gasteiger partial charge >= 0.3 is 0 Å². The van der Waals surface area contributed by atoms with Crippen LogP contribution in [0, 0.1) is 47.3 Å². The zero-order chi connectivity index (χ0) is 50.1. The van der Waals surface area contributed by atoms with Crippen molar-refractivity contribution in [2.45, 2.75) is 165 Å². The van der Waals surface area contributed by atoms with Crippen molar-refractivity contribution in [2.75, 3.05) is 26.9 Å². The molecule has 1 aliphatic heterocycles. The Morgan fingerprint density at radius 2 is 1.79 bits per heavy atom. The maximum atomic E-state index is 14.6. The number of phenols is 2. The first-order valence-electron chi connectivity index (χ1n) is 27.7. The fourth-order valence-corrected chi connectivity index (χ4v) is 15.1. The molecule has 0 radical (unpaired) electrons. The minimum absolute atomic E-state index is 0.00612. The number of aromatic hydroxyl groups is 2. The largest absolute Gasteiger partial charge is 0.508 e. The molecule has 0 aromatic heterocycles. The number of allylic oxidation sites excluding steroid dienone is 3. The van der Waals surface area contributed by atoms with Crippen molar-refractivity contribution in [3.63, 3.8) is 0 Å². The third-order valence-electron chi connectivity index (χ3n) is 18.4. The quantitative estimate of drug-likeness (QED) is 0.0810. The SMILES string of the molecule is CC[C@@H]1C(CO)=C(C(=O)CCc2cc(OC3CCCC3)c(O)c3c2C#CC[C@H]2C[C@H]4C=C5[C@@H](C[C@H](C)C[C@@H]5[C@@H]3[C@@H]4COC)c3cc(O)cc(c3)Cc3cccc(c3)C3(CCCCC3)NC(N)=N2)CC[C@H]1CO. The van der Waals surface area contributed by atoms with Crippen LogP contribution in [0.15, 0.2) is 76.3 Å². The van der Waals surface area contributed by atoms with Crippen LogP contribution in [-0.2, 0) is 27.9 Å². The van der Waals surface area contributed by atoms with Gasteiger partial charge in [-0.05, 0) is 183 Å². The smallest absolute Gasteiger partial charge is 0.189 e. The van der Waals surface area contributed by atoms with E-state index in [1.54, 1.807) is 7.11 Å². The zero-order valence-electron chi connectivity index (χ0n) is 43.1. The van der Waals surface area contributed by atoms with Crippen LogP contribution in [0.1, 0.15) is 174 Å². The predicted octanol–water partition coefficient (Wildman–Crippen LogP) is 10.6. The van der Waals surface area contributed by atoms with Crippen molar-refractivity contribution < 1.29 is 34.7 Å². The fourth-order valence-electron chi connectivity index (χ4n) is 15.1. The monoisotopic (exact) mass is 978 g/mol. The number of carbonyl (C=O) groups excluding carboxylic acids is 1. The van der Waals surface area contributed by atoms with Crippen molar-refractivity contribution in [1.82, 2.24) is 5.32 Å². The van der Waals surface area contributed by atoms with Crippen molar-refractivity contribution >= 4 is 11.7 Å². The number of aliphatic hydroxyl groups is 2. The van der Waals surface area contributed by atoms with Crippen molar-refractivity contribution in [1.29, 1.82) is 0 Å². The number of fused-ring (bicyclic) bond motifs is 11. The Balaban J connectivity index is 1.17. The number of phenolic OH excluding ortho intramolecular Hbond substituents is 2. The lowest BCUT2D eigenvalue weighted by atomic mass is 9.55. The van der Waals surface area contributed by atoms with E-state index in [9.17, 15) is 25.2 Å². The molecule has 1 heterocycles. The first-order chi connectivity index (χ1) is 35.0. The number of aryl methyl sites for hydroxylation is 1. The van der Waals surface area contributed by atoms with Gasteiger partial charge < -0.3 is 41.0 Å². The van der Waals surface area contributed by atoms with Crippen molar-refractivity contribution in [3.8, 4) is 29.1 Å². The van der Waals surface area contributed by atoms with E-state index in [2.05, 4.69) is 67.4 Å². The molecule has 6 aliphatic carbocycles. The highest BCUT2D eigenvalue weighted by molar-refractivity contribution is 5.96. The lowest BCUT2D eigenvalue weighted by Crippen LogP contribution is -2.50. The minimum Gasteiger partial charge on any atom is -0.508 e. The summed E-state index contributed by atoms with van der Waals surface area (Å²) in [5, 5.41) is 49.4. The Kier molecular flexibility index (Phi) is 15.3. The summed E-state index contributed by atoms with van der Waals surface area (Å²) < 4.78 is 13.1. The zero-order valence-corrected chi connectivity index (χ0v) is 43.1. The lowest BCUT2D eigenvalue weighted by Gasteiger charge is -2.49. The number of nitrogens with zero attached hydrogens (tertiary/aromatic N) is 1. The second-order valence-corrected chi connectivity index (χ2v) is 23.0. The predicted molar refractivity (Wildman–Crippen MR) is 283 cm³/mol. The second kappa shape index (κ2) is 21.8. The van der Waals surface area contributed by atoms with E-state index in [1.165, 1.54) is 23.1 Å². The van der Waals surface area contributed by atoms with E-state index < -0.39 is 0 Å². The van der Waals surface area contributed by atoms with Gasteiger partial charge in [0.2, 0.25) is 0 Å². The molecule has 0 saturated heterocycles. The molecule has 3 aromatic rings. The van der Waals surface area contributed by atoms with Gasteiger partial charge in [0.05, 0.1) is 30.9 Å². The molecule has 10 rings (SSSR count). The number of guanidine groups is 1. The highest BCUT2D eigenvalue weighted by atomic mass is 16.5. The average Bonchev–Trinajstić information content (AvgIpc) is 3.89. The number of benzene rings is 3. The Bertz CT molecular complexity index is 2640. The van der Waals surface area contributed by atoms with Gasteiger partial charge in [-0.1, -0.05) is 86.9 Å². The number of nitrogens with one attached hydrogen (secondary N) is 1. The molecular weight excluding hydrogens is 899 g/mol. The molecule has 7 aliphatic rings. The summed E-state index contributed by atoms with van der Waals surface area (Å²) in [6.07, 6.45) is 17.9. The van der Waals surface area contributed by atoms with Crippen LogP contribution in [-0.4, -0.2) is 71.2 Å². The molecule has 3 saturated carbocycles. The minimum atomic E-state index is -0.374. The van der Waals surface area contributed by atoms with Crippen LogP contribution in [0.25, 0.3) is 0 Å². The second-order valence-electron chi connectivity index (χ2n) is 23.0. The number of rotatable bonds is 11. The number of nitrogens with two attached hydrogens (primary N) is 1. The van der Waals surface area contributed by atoms with Crippen LogP contribution in [0.2, 0.25) is 0 Å². The fraction of sp³-hybridized carbons (Fsp3) is 0.581. The molecule has 1 spiro atoms. The van der Waals surface area contributed by atoms with E-state index in [0.717, 1.165) is 104 Å². The maximum Gasteiger partial charge on any atom is 0.189 e. The van der Waals surface area contributed by atoms with Crippen LogP contribution in [0.3, 0.4) is 0 Å². The summed E-state index contributed by atoms with van der Waals surface area (Å²) >= 11 is 0. The van der Waals surface area contributed by atoms with Gasteiger partial charge in [0.15, 0.2) is 23.2 Å². The third-order valence-corrected chi connectivity index (χ3v) is 18.4. The molecule has 384 valence electrons. The van der Waals surface area contributed by atoms with E-state index in [-0.39, 0.29) is 96.0 Å². The first kappa shape index (κ1) is 50.5. The maximum absolute atomic E-state index is 14.6. The molecular formula is C62H79N3O7. The van der Waals surface area contributed by atoms with Crippen molar-refractivity contribution in [2.24, 2.45) is 46.2 Å². The summed E-state index contributed by atoms with van der Waals surface area (Å²) in [7, 11) is 1.78. The number of ether oxygens (including phenoxy) is 2. The van der Waals surface area contributed by atoms with E-state index in [1.807, 2.05) is 18.2 Å². The number of aliphatic imine (C=N–C) groups is 1. The number of aliphatic hydroxyl groups excluding tert-OH is 2. The lowest BCUT2D eigenvalue weighted by molar-refractivity contribution is -0.116. The molecule has 8 bridgehead atoms. The van der Waals surface area contributed by atoms with E-state index in [4.69, 9.17) is 20.2 Å². The summed E-state index contributed by atoms with van der Waals surface area (Å²) in [6, 6.07) is 16.9. The number of ketones is 1. The summed E-state index contributed by atoms with van der Waals surface area (Å²) in [6.45, 7) is 4.70. The Labute approximate surface area is 428 Å². The Morgan fingerprint density at radius 3 is 2.56 bits per heavy atom. The number of hydrogen-bond acceptors (Lipinski definition) is 10. The van der Waals surface area contributed by atoms with Crippen LogP contribution < -0.4 is 15.8 Å².